The lowest BCUT2D eigenvalue weighted by molar-refractivity contribution is -0.161. The van der Waals surface area contributed by atoms with Crippen LogP contribution in [0.3, 0.4) is 0 Å². The van der Waals surface area contributed by atoms with Crippen molar-refractivity contribution in [3.8, 4) is 0 Å². The Morgan fingerprint density at radius 1 is 0.963 bits per heavy atom. The fraction of sp³-hybridized carbons (Fsp3) is 1.00. The van der Waals surface area contributed by atoms with Crippen molar-refractivity contribution in [2.24, 2.45) is 52.3 Å². The van der Waals surface area contributed by atoms with E-state index < -0.39 is 0 Å². The minimum absolute atomic E-state index is 0.128. The van der Waals surface area contributed by atoms with Gasteiger partial charge < -0.3 is 10.2 Å². The van der Waals surface area contributed by atoms with Crippen LogP contribution in [0.4, 0.5) is 0 Å². The molecule has 2 N–H and O–H groups in total. The Morgan fingerprint density at radius 3 is 2.44 bits per heavy atom. The molecule has 0 radical (unpaired) electrons. The summed E-state index contributed by atoms with van der Waals surface area (Å²) in [7, 11) is 0. The molecule has 0 aliphatic heterocycles. The molecule has 11 atom stereocenters. The Labute approximate surface area is 166 Å². The number of hydrogen-bond donors (Lipinski definition) is 2. The zero-order valence-electron chi connectivity index (χ0n) is 18.1. The number of fused-ring (bicyclic) bond motifs is 7. The fourth-order valence-corrected chi connectivity index (χ4v) is 9.95. The highest BCUT2D eigenvalue weighted by Crippen LogP contribution is 2.76. The maximum absolute atomic E-state index is 11.1. The van der Waals surface area contributed by atoms with Crippen LogP contribution in [-0.2, 0) is 0 Å². The van der Waals surface area contributed by atoms with Crippen molar-refractivity contribution in [2.75, 3.05) is 0 Å². The van der Waals surface area contributed by atoms with Gasteiger partial charge in [-0.25, -0.2) is 0 Å². The standard InChI is InChI=1S/C25H42O2/c1-5-9-25(27)12-11-23(3)16(14-25)6-7-17-20(23)8-10-24(4)21(15(2)26)18-13-19(18)22(17)24/h15-22,26-27H,5-14H2,1-4H3/t15?,16-,17+,18-,19+,20-,21-,22+,23-,24+,25+/m0/s1. The van der Waals surface area contributed by atoms with Crippen molar-refractivity contribution in [2.45, 2.75) is 104 Å². The first-order valence-corrected chi connectivity index (χ1v) is 12.1. The minimum atomic E-state index is -0.374. The molecule has 0 bridgehead atoms. The number of aliphatic hydroxyl groups excluding tert-OH is 1. The number of hydrogen-bond acceptors (Lipinski definition) is 2. The third-order valence-electron chi connectivity index (χ3n) is 10.9. The van der Waals surface area contributed by atoms with Gasteiger partial charge in [0.25, 0.3) is 0 Å². The molecule has 0 aromatic rings. The van der Waals surface area contributed by atoms with Gasteiger partial charge in [-0.1, -0.05) is 27.2 Å². The summed E-state index contributed by atoms with van der Waals surface area (Å²) in [5.74, 6) is 5.66. The van der Waals surface area contributed by atoms with E-state index in [1.807, 2.05) is 0 Å². The largest absolute Gasteiger partial charge is 0.393 e. The van der Waals surface area contributed by atoms with E-state index in [2.05, 4.69) is 27.7 Å². The van der Waals surface area contributed by atoms with Crippen LogP contribution in [0.2, 0.25) is 0 Å². The highest BCUT2D eigenvalue weighted by molar-refractivity contribution is 5.19. The molecule has 0 aromatic carbocycles. The molecule has 5 fully saturated rings. The molecule has 5 aliphatic carbocycles. The molecule has 0 heterocycles. The highest BCUT2D eigenvalue weighted by Gasteiger charge is 2.71. The summed E-state index contributed by atoms with van der Waals surface area (Å²) < 4.78 is 0. The van der Waals surface area contributed by atoms with E-state index in [1.165, 1.54) is 38.5 Å². The van der Waals surface area contributed by atoms with Crippen LogP contribution in [0.1, 0.15) is 91.9 Å². The average molecular weight is 375 g/mol. The van der Waals surface area contributed by atoms with Crippen LogP contribution >= 0.6 is 0 Å². The van der Waals surface area contributed by atoms with E-state index in [9.17, 15) is 10.2 Å². The minimum Gasteiger partial charge on any atom is -0.393 e. The molecule has 1 unspecified atom stereocenters. The molecule has 0 amide bonds. The number of aliphatic hydroxyl groups is 2. The third kappa shape index (κ3) is 2.51. The van der Waals surface area contributed by atoms with Gasteiger partial charge >= 0.3 is 0 Å². The van der Waals surface area contributed by atoms with Gasteiger partial charge in [0.2, 0.25) is 0 Å². The van der Waals surface area contributed by atoms with E-state index in [1.54, 1.807) is 0 Å². The lowest BCUT2D eigenvalue weighted by Gasteiger charge is -2.63. The van der Waals surface area contributed by atoms with Gasteiger partial charge in [-0.15, -0.1) is 0 Å². The first-order valence-electron chi connectivity index (χ1n) is 12.1. The van der Waals surface area contributed by atoms with Gasteiger partial charge in [-0.3, -0.25) is 0 Å². The van der Waals surface area contributed by atoms with Gasteiger partial charge in [-0.2, -0.15) is 0 Å². The molecular formula is C25H42O2. The molecule has 154 valence electrons. The highest BCUT2D eigenvalue weighted by atomic mass is 16.3. The van der Waals surface area contributed by atoms with E-state index in [4.69, 9.17) is 0 Å². The summed E-state index contributed by atoms with van der Waals surface area (Å²) in [6, 6.07) is 0. The van der Waals surface area contributed by atoms with Crippen LogP contribution in [0, 0.1) is 52.3 Å². The topological polar surface area (TPSA) is 40.5 Å². The van der Waals surface area contributed by atoms with Gasteiger partial charge in [0.1, 0.15) is 0 Å². The smallest absolute Gasteiger partial charge is 0.0650 e. The Bertz CT molecular complexity index is 601. The SMILES string of the molecule is CCC[C@@]1(O)CC[C@@]2(C)[C@@H](CC[C@H]3[C@@H]4[C@@H]5C[C@@H]5[C@H](C(C)O)[C@@]4(C)CC[C@@H]32)C1. The van der Waals surface area contributed by atoms with Crippen molar-refractivity contribution in [1.82, 2.24) is 0 Å². The second-order valence-electron chi connectivity index (χ2n) is 12.1. The predicted octanol–water partition coefficient (Wildman–Crippen LogP) is 5.41. The van der Waals surface area contributed by atoms with E-state index in [-0.39, 0.29) is 11.7 Å². The van der Waals surface area contributed by atoms with Crippen LogP contribution in [0.15, 0.2) is 0 Å². The summed E-state index contributed by atoms with van der Waals surface area (Å²) in [5.41, 5.74) is 0.475. The van der Waals surface area contributed by atoms with Crippen LogP contribution in [-0.4, -0.2) is 21.9 Å². The van der Waals surface area contributed by atoms with Crippen LogP contribution in [0.25, 0.3) is 0 Å². The lowest BCUT2D eigenvalue weighted by Crippen LogP contribution is -2.57. The Morgan fingerprint density at radius 2 is 1.74 bits per heavy atom. The predicted molar refractivity (Wildman–Crippen MR) is 109 cm³/mol. The molecule has 0 saturated heterocycles. The van der Waals surface area contributed by atoms with Crippen molar-refractivity contribution >= 4 is 0 Å². The maximum atomic E-state index is 11.1. The van der Waals surface area contributed by atoms with Crippen molar-refractivity contribution < 1.29 is 10.2 Å². The second-order valence-corrected chi connectivity index (χ2v) is 12.1. The molecule has 5 aliphatic rings. The molecule has 2 heteroatoms. The molecule has 5 saturated carbocycles. The molecule has 27 heavy (non-hydrogen) atoms. The van der Waals surface area contributed by atoms with Crippen LogP contribution in [0.5, 0.6) is 0 Å². The van der Waals surface area contributed by atoms with Crippen LogP contribution < -0.4 is 0 Å². The van der Waals surface area contributed by atoms with E-state index in [0.717, 1.165) is 61.2 Å². The van der Waals surface area contributed by atoms with Crippen molar-refractivity contribution in [3.05, 3.63) is 0 Å². The first kappa shape index (κ1) is 18.9. The van der Waals surface area contributed by atoms with E-state index in [0.29, 0.717) is 16.7 Å². The fourth-order valence-electron chi connectivity index (χ4n) is 9.95. The van der Waals surface area contributed by atoms with Crippen molar-refractivity contribution in [3.63, 3.8) is 0 Å². The normalized spacial score (nSPS) is 60.0. The zero-order chi connectivity index (χ0) is 19.2. The Hall–Kier alpha value is -0.0800. The Balaban J connectivity index is 1.41. The summed E-state index contributed by atoms with van der Waals surface area (Å²) in [4.78, 5) is 0. The maximum Gasteiger partial charge on any atom is 0.0650 e. The monoisotopic (exact) mass is 374 g/mol. The summed E-state index contributed by atoms with van der Waals surface area (Å²) in [6.45, 7) is 9.43. The first-order chi connectivity index (χ1) is 12.7. The van der Waals surface area contributed by atoms with E-state index >= 15 is 0 Å². The summed E-state index contributed by atoms with van der Waals surface area (Å²) in [5, 5.41) is 21.7. The quantitative estimate of drug-likeness (QED) is 0.693. The average Bonchev–Trinajstić information content (AvgIpc) is 3.29. The second kappa shape index (κ2) is 5.97. The molecule has 0 spiro atoms. The van der Waals surface area contributed by atoms with Gasteiger partial charge in [0, 0.05) is 0 Å². The molecular weight excluding hydrogens is 332 g/mol. The molecule has 0 aromatic heterocycles. The third-order valence-corrected chi connectivity index (χ3v) is 10.9. The summed E-state index contributed by atoms with van der Waals surface area (Å²) in [6.07, 6.45) is 12.1. The Kier molecular flexibility index (Phi) is 4.18. The van der Waals surface area contributed by atoms with Gasteiger partial charge in [-0.05, 0) is 117 Å². The zero-order valence-corrected chi connectivity index (χ0v) is 18.1. The molecule has 5 rings (SSSR count). The van der Waals surface area contributed by atoms with Gasteiger partial charge in [0.15, 0.2) is 0 Å². The molecule has 2 nitrogen and oxygen atoms in total. The lowest BCUT2D eigenvalue weighted by atomic mass is 9.43. The summed E-state index contributed by atoms with van der Waals surface area (Å²) >= 11 is 0. The van der Waals surface area contributed by atoms with Gasteiger partial charge in [0.05, 0.1) is 11.7 Å². The van der Waals surface area contributed by atoms with Crippen molar-refractivity contribution in [1.29, 1.82) is 0 Å². The number of rotatable bonds is 3.